The lowest BCUT2D eigenvalue weighted by molar-refractivity contribution is 0.0268. The predicted molar refractivity (Wildman–Crippen MR) is 91.4 cm³/mol. The van der Waals surface area contributed by atoms with Crippen LogP contribution in [-0.2, 0) is 11.3 Å². The number of hydrogen-bond acceptors (Lipinski definition) is 3. The van der Waals surface area contributed by atoms with Gasteiger partial charge in [-0.25, -0.2) is 0 Å². The normalized spacial score (nSPS) is 11.9. The van der Waals surface area contributed by atoms with Gasteiger partial charge in [0.2, 0.25) is 0 Å². The summed E-state index contributed by atoms with van der Waals surface area (Å²) in [7, 11) is 3.44. The van der Waals surface area contributed by atoms with Crippen molar-refractivity contribution in [3.05, 3.63) is 42.5 Å². The second-order valence-corrected chi connectivity index (χ2v) is 5.45. The number of nitrogens with zero attached hydrogens (tertiary/aromatic N) is 1. The second kappa shape index (κ2) is 9.10. The molecule has 22 heavy (non-hydrogen) atoms. The molecule has 0 atom stereocenters. The summed E-state index contributed by atoms with van der Waals surface area (Å²) in [5, 5.41) is 6.53. The lowest BCUT2D eigenvalue weighted by Crippen LogP contribution is -2.45. The van der Waals surface area contributed by atoms with E-state index < -0.39 is 0 Å². The molecular formula is C17H27N3O2. The Morgan fingerprint density at radius 2 is 2.05 bits per heavy atom. The summed E-state index contributed by atoms with van der Waals surface area (Å²) in [5.74, 6) is 1.58. The van der Waals surface area contributed by atoms with Crippen molar-refractivity contribution < 1.29 is 9.47 Å². The minimum atomic E-state index is -0.247. The fourth-order valence-electron chi connectivity index (χ4n) is 1.71. The summed E-state index contributed by atoms with van der Waals surface area (Å²) in [5.41, 5.74) is 0.820. The lowest BCUT2D eigenvalue weighted by Gasteiger charge is -2.24. The van der Waals surface area contributed by atoms with Crippen LogP contribution in [0.1, 0.15) is 19.4 Å². The second-order valence-electron chi connectivity index (χ2n) is 5.45. The van der Waals surface area contributed by atoms with Crippen LogP contribution in [-0.4, -0.2) is 38.9 Å². The fourth-order valence-corrected chi connectivity index (χ4v) is 1.71. The van der Waals surface area contributed by atoms with Crippen molar-refractivity contribution in [2.45, 2.75) is 26.0 Å². The van der Waals surface area contributed by atoms with Crippen LogP contribution in [0.4, 0.5) is 0 Å². The Morgan fingerprint density at radius 1 is 1.32 bits per heavy atom. The van der Waals surface area contributed by atoms with Crippen molar-refractivity contribution in [2.24, 2.45) is 4.99 Å². The third-order valence-corrected chi connectivity index (χ3v) is 3.23. The molecule has 5 heteroatoms. The molecule has 122 valence electrons. The zero-order valence-corrected chi connectivity index (χ0v) is 14.0. The highest BCUT2D eigenvalue weighted by Gasteiger charge is 2.16. The van der Waals surface area contributed by atoms with Gasteiger partial charge in [-0.15, -0.1) is 0 Å². The molecule has 0 saturated carbocycles. The number of hydrogen-bond donors (Lipinski definition) is 2. The summed E-state index contributed by atoms with van der Waals surface area (Å²) in [6.45, 7) is 9.49. The van der Waals surface area contributed by atoms with E-state index in [1.54, 1.807) is 20.2 Å². The first-order valence-corrected chi connectivity index (χ1v) is 7.33. The van der Waals surface area contributed by atoms with Gasteiger partial charge in [-0.3, -0.25) is 4.99 Å². The van der Waals surface area contributed by atoms with Crippen LogP contribution in [0.5, 0.6) is 5.75 Å². The molecule has 0 radical (unpaired) electrons. The van der Waals surface area contributed by atoms with Crippen LogP contribution in [0.2, 0.25) is 0 Å². The van der Waals surface area contributed by atoms with Gasteiger partial charge < -0.3 is 20.1 Å². The Balaban J connectivity index is 2.58. The number of para-hydroxylation sites is 1. The van der Waals surface area contributed by atoms with Gasteiger partial charge >= 0.3 is 0 Å². The summed E-state index contributed by atoms with van der Waals surface area (Å²) >= 11 is 0. The molecule has 0 bridgehead atoms. The Morgan fingerprint density at radius 3 is 2.68 bits per heavy atom. The van der Waals surface area contributed by atoms with E-state index in [9.17, 15) is 0 Å². The van der Waals surface area contributed by atoms with Crippen LogP contribution in [0.3, 0.4) is 0 Å². The molecule has 0 aliphatic heterocycles. The number of guanidine groups is 1. The molecule has 0 aliphatic rings. The smallest absolute Gasteiger partial charge is 0.191 e. The van der Waals surface area contributed by atoms with Gasteiger partial charge in [0.25, 0.3) is 0 Å². The number of aliphatic imine (C=N–C) groups is 1. The maximum absolute atomic E-state index is 5.65. The van der Waals surface area contributed by atoms with Crippen molar-refractivity contribution in [1.82, 2.24) is 10.6 Å². The van der Waals surface area contributed by atoms with E-state index in [4.69, 9.17) is 9.47 Å². The summed E-state index contributed by atoms with van der Waals surface area (Å²) in [4.78, 5) is 4.21. The molecule has 5 nitrogen and oxygen atoms in total. The molecule has 0 saturated heterocycles. The Labute approximate surface area is 133 Å². The van der Waals surface area contributed by atoms with Crippen LogP contribution < -0.4 is 15.4 Å². The predicted octanol–water partition coefficient (Wildman–Crippen LogP) is 2.34. The van der Waals surface area contributed by atoms with Gasteiger partial charge in [-0.1, -0.05) is 30.9 Å². The van der Waals surface area contributed by atoms with E-state index in [1.807, 2.05) is 38.1 Å². The first-order valence-electron chi connectivity index (χ1n) is 7.33. The summed E-state index contributed by atoms with van der Waals surface area (Å²) < 4.78 is 11.0. The van der Waals surface area contributed by atoms with Gasteiger partial charge in [-0.05, 0) is 19.9 Å². The number of methoxy groups -OCH3 is 1. The molecule has 0 spiro atoms. The quantitative estimate of drug-likeness (QED) is 0.440. The highest BCUT2D eigenvalue weighted by atomic mass is 16.5. The van der Waals surface area contributed by atoms with Gasteiger partial charge in [0, 0.05) is 32.8 Å². The fraction of sp³-hybridized carbons (Fsp3) is 0.471. The maximum Gasteiger partial charge on any atom is 0.191 e. The van der Waals surface area contributed by atoms with Gasteiger partial charge in [0.05, 0.1) is 5.60 Å². The Bertz CT molecular complexity index is 498. The number of ether oxygens (including phenoxy) is 2. The van der Waals surface area contributed by atoms with Crippen LogP contribution in [0, 0.1) is 0 Å². The van der Waals surface area contributed by atoms with Crippen LogP contribution in [0.15, 0.2) is 41.9 Å². The maximum atomic E-state index is 5.65. The molecule has 2 N–H and O–H groups in total. The topological polar surface area (TPSA) is 54.9 Å². The highest BCUT2D eigenvalue weighted by Crippen LogP contribution is 2.17. The van der Waals surface area contributed by atoms with Crippen molar-refractivity contribution in [2.75, 3.05) is 27.3 Å². The van der Waals surface area contributed by atoms with Crippen molar-refractivity contribution >= 4 is 5.96 Å². The Kier molecular flexibility index (Phi) is 7.46. The van der Waals surface area contributed by atoms with E-state index in [2.05, 4.69) is 22.2 Å². The van der Waals surface area contributed by atoms with E-state index in [1.165, 1.54) is 0 Å². The molecule has 1 rings (SSSR count). The SMILES string of the molecule is C=CCOc1ccccc1CNC(=NC)NCC(C)(C)OC. The number of benzene rings is 1. The number of nitrogens with one attached hydrogen (secondary N) is 2. The monoisotopic (exact) mass is 305 g/mol. The van der Waals surface area contributed by atoms with Crippen molar-refractivity contribution in [1.29, 1.82) is 0 Å². The molecule has 0 aromatic heterocycles. The van der Waals surface area contributed by atoms with E-state index in [0.717, 1.165) is 17.3 Å². The van der Waals surface area contributed by atoms with Crippen molar-refractivity contribution in [3.8, 4) is 5.75 Å². The van der Waals surface area contributed by atoms with E-state index in [0.29, 0.717) is 19.7 Å². The largest absolute Gasteiger partial charge is 0.489 e. The van der Waals surface area contributed by atoms with Gasteiger partial charge in [0.1, 0.15) is 12.4 Å². The summed E-state index contributed by atoms with van der Waals surface area (Å²) in [6.07, 6.45) is 1.73. The molecule has 0 amide bonds. The molecule has 0 heterocycles. The third kappa shape index (κ3) is 6.18. The third-order valence-electron chi connectivity index (χ3n) is 3.23. The highest BCUT2D eigenvalue weighted by molar-refractivity contribution is 5.79. The van der Waals surface area contributed by atoms with E-state index >= 15 is 0 Å². The first kappa shape index (κ1) is 18.0. The molecule has 0 aliphatic carbocycles. The minimum absolute atomic E-state index is 0.247. The van der Waals surface area contributed by atoms with E-state index in [-0.39, 0.29) is 5.60 Å². The molecule has 1 aromatic carbocycles. The lowest BCUT2D eigenvalue weighted by atomic mass is 10.1. The zero-order valence-electron chi connectivity index (χ0n) is 14.0. The zero-order chi connectivity index (χ0) is 16.4. The standard InChI is InChI=1S/C17H27N3O2/c1-6-11-22-15-10-8-7-9-14(15)12-19-16(18-4)20-13-17(2,3)21-5/h6-10H,1,11-13H2,2-5H3,(H2,18,19,20). The van der Waals surface area contributed by atoms with Gasteiger partial charge in [0.15, 0.2) is 5.96 Å². The molecular weight excluding hydrogens is 278 g/mol. The minimum Gasteiger partial charge on any atom is -0.489 e. The Hall–Kier alpha value is -2.01. The number of rotatable bonds is 8. The molecule has 1 aromatic rings. The van der Waals surface area contributed by atoms with Crippen LogP contribution >= 0.6 is 0 Å². The van der Waals surface area contributed by atoms with Crippen molar-refractivity contribution in [3.63, 3.8) is 0 Å². The summed E-state index contributed by atoms with van der Waals surface area (Å²) in [6, 6.07) is 7.92. The van der Waals surface area contributed by atoms with Crippen LogP contribution in [0.25, 0.3) is 0 Å². The average Bonchev–Trinajstić information content (AvgIpc) is 2.54. The molecule has 0 fully saturated rings. The average molecular weight is 305 g/mol. The van der Waals surface area contributed by atoms with Gasteiger partial charge in [-0.2, -0.15) is 0 Å². The molecule has 0 unspecified atom stereocenters. The first-order chi connectivity index (χ1) is 10.5.